The Bertz CT molecular complexity index is 661. The van der Waals surface area contributed by atoms with Crippen LogP contribution in [0, 0.1) is 11.7 Å². The zero-order valence-corrected chi connectivity index (χ0v) is 15.8. The van der Waals surface area contributed by atoms with Crippen molar-refractivity contribution in [2.75, 3.05) is 6.54 Å². The lowest BCUT2D eigenvalue weighted by atomic mass is 9.95. The van der Waals surface area contributed by atoms with Crippen LogP contribution in [0.15, 0.2) is 40.8 Å². The monoisotopic (exact) mass is 347 g/mol. The molecule has 0 aliphatic rings. The smallest absolute Gasteiger partial charge is 0.135 e. The predicted octanol–water partition coefficient (Wildman–Crippen LogP) is 5.08. The van der Waals surface area contributed by atoms with E-state index in [4.69, 9.17) is 4.42 Å². The maximum absolute atomic E-state index is 14.0. The number of hydrogen-bond donors (Lipinski definition) is 1. The van der Waals surface area contributed by atoms with Crippen LogP contribution in [0.3, 0.4) is 0 Å². The summed E-state index contributed by atoms with van der Waals surface area (Å²) in [5.41, 5.74) is -0.222. The van der Waals surface area contributed by atoms with Gasteiger partial charge in [-0.05, 0) is 37.0 Å². The van der Waals surface area contributed by atoms with Crippen molar-refractivity contribution in [2.45, 2.75) is 59.2 Å². The number of halogens is 1. The molecular weight excluding hydrogens is 317 g/mol. The van der Waals surface area contributed by atoms with Crippen molar-refractivity contribution in [3.63, 3.8) is 0 Å². The molecule has 4 heteroatoms. The van der Waals surface area contributed by atoms with E-state index in [2.05, 4.69) is 18.7 Å². The minimum Gasteiger partial charge on any atom is -0.462 e. The molecule has 0 bridgehead atoms. The highest BCUT2D eigenvalue weighted by atomic mass is 19.1. The average Bonchev–Trinajstić information content (AvgIpc) is 3.04. The summed E-state index contributed by atoms with van der Waals surface area (Å²) in [5, 5.41) is 10.6. The molecule has 0 atom stereocenters. The molecule has 0 aliphatic carbocycles. The van der Waals surface area contributed by atoms with Gasteiger partial charge in [0.05, 0.1) is 6.54 Å². The Hall–Kier alpha value is -1.65. The van der Waals surface area contributed by atoms with Crippen LogP contribution in [0.5, 0.6) is 0 Å². The van der Waals surface area contributed by atoms with Gasteiger partial charge in [-0.2, -0.15) is 0 Å². The van der Waals surface area contributed by atoms with Gasteiger partial charge < -0.3 is 9.52 Å². The lowest BCUT2D eigenvalue weighted by Crippen LogP contribution is -2.27. The topological polar surface area (TPSA) is 36.6 Å². The first-order valence-electron chi connectivity index (χ1n) is 9.15. The summed E-state index contributed by atoms with van der Waals surface area (Å²) in [6.45, 7) is 10.2. The molecule has 3 nitrogen and oxygen atoms in total. The number of rotatable bonds is 9. The first kappa shape index (κ1) is 19.7. The van der Waals surface area contributed by atoms with Gasteiger partial charge in [0.2, 0.25) is 0 Å². The highest BCUT2D eigenvalue weighted by Crippen LogP contribution is 2.30. The molecule has 0 saturated heterocycles. The van der Waals surface area contributed by atoms with E-state index in [-0.39, 0.29) is 5.82 Å². The fourth-order valence-corrected chi connectivity index (χ4v) is 3.10. The molecule has 0 fully saturated rings. The summed E-state index contributed by atoms with van der Waals surface area (Å²) in [6.07, 6.45) is 1.22. The van der Waals surface area contributed by atoms with Crippen molar-refractivity contribution in [1.82, 2.24) is 4.90 Å². The van der Waals surface area contributed by atoms with Gasteiger partial charge in [0.15, 0.2) is 0 Å². The van der Waals surface area contributed by atoms with Crippen LogP contribution in [0.1, 0.15) is 57.6 Å². The number of furan rings is 1. The summed E-state index contributed by atoms with van der Waals surface area (Å²) < 4.78 is 19.9. The normalized spacial score (nSPS) is 12.3. The van der Waals surface area contributed by atoms with Crippen LogP contribution in [0.4, 0.5) is 4.39 Å². The van der Waals surface area contributed by atoms with Gasteiger partial charge in [0.1, 0.15) is 22.9 Å². The average molecular weight is 347 g/mol. The molecule has 2 aromatic rings. The van der Waals surface area contributed by atoms with E-state index < -0.39 is 5.60 Å². The summed E-state index contributed by atoms with van der Waals surface area (Å²) >= 11 is 0. The van der Waals surface area contributed by atoms with Crippen molar-refractivity contribution in [1.29, 1.82) is 0 Å². The van der Waals surface area contributed by atoms with E-state index >= 15 is 0 Å². The first-order valence-corrected chi connectivity index (χ1v) is 9.15. The minimum absolute atomic E-state index is 0.178. The first-order chi connectivity index (χ1) is 11.9. The van der Waals surface area contributed by atoms with Gasteiger partial charge >= 0.3 is 0 Å². The molecule has 1 aromatic carbocycles. The van der Waals surface area contributed by atoms with Crippen molar-refractivity contribution < 1.29 is 13.9 Å². The van der Waals surface area contributed by atoms with Crippen LogP contribution in [-0.4, -0.2) is 16.6 Å². The van der Waals surface area contributed by atoms with Gasteiger partial charge in [0, 0.05) is 18.7 Å². The van der Waals surface area contributed by atoms with Gasteiger partial charge in [-0.3, -0.25) is 4.90 Å². The van der Waals surface area contributed by atoms with Gasteiger partial charge in [0.25, 0.3) is 0 Å². The van der Waals surface area contributed by atoms with Crippen LogP contribution in [0.25, 0.3) is 0 Å². The van der Waals surface area contributed by atoms with Crippen LogP contribution >= 0.6 is 0 Å². The SMILES string of the molecule is CCC(O)(CC)c1ccc(CN(Cc2ccccc2F)CC(C)C)o1. The van der Waals surface area contributed by atoms with Crippen molar-refractivity contribution in [2.24, 2.45) is 5.92 Å². The van der Waals surface area contributed by atoms with Crippen LogP contribution in [0.2, 0.25) is 0 Å². The minimum atomic E-state index is -0.910. The van der Waals surface area contributed by atoms with E-state index in [0.717, 1.165) is 12.3 Å². The summed E-state index contributed by atoms with van der Waals surface area (Å²) in [6, 6.07) is 10.7. The largest absolute Gasteiger partial charge is 0.462 e. The fourth-order valence-electron chi connectivity index (χ4n) is 3.10. The highest BCUT2D eigenvalue weighted by Gasteiger charge is 2.28. The molecule has 0 saturated carbocycles. The predicted molar refractivity (Wildman–Crippen MR) is 98.5 cm³/mol. The molecule has 138 valence electrons. The maximum atomic E-state index is 14.0. The molecule has 0 radical (unpaired) electrons. The van der Waals surface area contributed by atoms with E-state index in [9.17, 15) is 9.50 Å². The molecule has 0 amide bonds. The molecule has 1 N–H and O–H groups in total. The third-order valence-corrected chi connectivity index (χ3v) is 4.64. The van der Waals surface area contributed by atoms with Crippen LogP contribution in [-0.2, 0) is 18.7 Å². The van der Waals surface area contributed by atoms with Crippen molar-refractivity contribution in [3.8, 4) is 0 Å². The van der Waals surface area contributed by atoms with E-state index in [1.165, 1.54) is 6.07 Å². The Morgan fingerprint density at radius 1 is 1.08 bits per heavy atom. The van der Waals surface area contributed by atoms with Crippen molar-refractivity contribution in [3.05, 3.63) is 59.3 Å². The third kappa shape index (κ3) is 5.16. The lowest BCUT2D eigenvalue weighted by Gasteiger charge is -2.24. The van der Waals surface area contributed by atoms with E-state index in [0.29, 0.717) is 43.2 Å². The van der Waals surface area contributed by atoms with E-state index in [1.54, 1.807) is 6.07 Å². The molecule has 0 spiro atoms. The lowest BCUT2D eigenvalue weighted by molar-refractivity contribution is 0.00512. The van der Waals surface area contributed by atoms with E-state index in [1.807, 2.05) is 38.1 Å². The molecule has 1 aromatic heterocycles. The Kier molecular flexibility index (Phi) is 6.79. The van der Waals surface area contributed by atoms with Gasteiger partial charge in [-0.1, -0.05) is 45.9 Å². The van der Waals surface area contributed by atoms with Crippen molar-refractivity contribution >= 4 is 0 Å². The highest BCUT2D eigenvalue weighted by molar-refractivity contribution is 5.18. The molecular formula is C21H30FNO2. The second kappa shape index (κ2) is 8.63. The Labute approximate surface area is 150 Å². The Morgan fingerprint density at radius 2 is 1.76 bits per heavy atom. The maximum Gasteiger partial charge on any atom is 0.135 e. The number of nitrogens with zero attached hydrogens (tertiary/aromatic N) is 1. The number of benzene rings is 1. The summed E-state index contributed by atoms with van der Waals surface area (Å²) in [4.78, 5) is 2.18. The fraction of sp³-hybridized carbons (Fsp3) is 0.524. The number of aliphatic hydroxyl groups is 1. The second-order valence-corrected chi connectivity index (χ2v) is 7.16. The Balaban J connectivity index is 2.15. The molecule has 0 unspecified atom stereocenters. The zero-order valence-electron chi connectivity index (χ0n) is 15.8. The molecule has 25 heavy (non-hydrogen) atoms. The second-order valence-electron chi connectivity index (χ2n) is 7.16. The van der Waals surface area contributed by atoms with Gasteiger partial charge in [-0.15, -0.1) is 0 Å². The van der Waals surface area contributed by atoms with Crippen LogP contribution < -0.4 is 0 Å². The molecule has 0 aliphatic heterocycles. The standard InChI is InChI=1S/C21H30FNO2/c1-5-21(24,6-2)20-12-11-18(25-20)15-23(13-16(3)4)14-17-9-7-8-10-19(17)22/h7-12,16,24H,5-6,13-15H2,1-4H3. The summed E-state index contributed by atoms with van der Waals surface area (Å²) in [5.74, 6) is 1.70. The quantitative estimate of drug-likeness (QED) is 0.687. The molecule has 2 rings (SSSR count). The Morgan fingerprint density at radius 3 is 2.36 bits per heavy atom. The third-order valence-electron chi connectivity index (χ3n) is 4.64. The molecule has 1 heterocycles. The van der Waals surface area contributed by atoms with Gasteiger partial charge in [-0.25, -0.2) is 4.39 Å². The zero-order chi connectivity index (χ0) is 18.4. The number of hydrogen-bond acceptors (Lipinski definition) is 3. The summed E-state index contributed by atoms with van der Waals surface area (Å²) in [7, 11) is 0.